The van der Waals surface area contributed by atoms with Crippen molar-refractivity contribution in [1.82, 2.24) is 10.2 Å². The predicted octanol–water partition coefficient (Wildman–Crippen LogP) is 2.36. The molecule has 0 aromatic heterocycles. The van der Waals surface area contributed by atoms with Gasteiger partial charge in [0.2, 0.25) is 11.8 Å². The lowest BCUT2D eigenvalue weighted by Gasteiger charge is -2.44. The molecule has 2 fully saturated rings. The van der Waals surface area contributed by atoms with Crippen LogP contribution in [0.1, 0.15) is 39.2 Å². The number of amides is 2. The SMILES string of the molecule is CC(C(=O)NC1C(=O)N2C1SC(C)(C)C2C)c1ccccc1. The Morgan fingerprint density at radius 2 is 1.95 bits per heavy atom. The van der Waals surface area contributed by atoms with Crippen molar-refractivity contribution in [1.29, 1.82) is 0 Å². The number of benzene rings is 1. The van der Waals surface area contributed by atoms with Crippen LogP contribution in [0, 0.1) is 0 Å². The molecule has 0 bridgehead atoms. The highest BCUT2D eigenvalue weighted by atomic mass is 32.2. The third kappa shape index (κ3) is 2.32. The first-order valence-electron chi connectivity index (χ1n) is 7.68. The van der Waals surface area contributed by atoms with E-state index in [2.05, 4.69) is 26.1 Å². The summed E-state index contributed by atoms with van der Waals surface area (Å²) in [5, 5.41) is 3.02. The molecule has 2 saturated heterocycles. The van der Waals surface area contributed by atoms with E-state index in [1.807, 2.05) is 42.2 Å². The molecular weight excluding hydrogens is 296 g/mol. The minimum Gasteiger partial charge on any atom is -0.341 e. The number of carbonyl (C=O) groups is 2. The van der Waals surface area contributed by atoms with Gasteiger partial charge in [-0.15, -0.1) is 11.8 Å². The van der Waals surface area contributed by atoms with Gasteiger partial charge in [0.25, 0.3) is 0 Å². The summed E-state index contributed by atoms with van der Waals surface area (Å²) in [4.78, 5) is 26.7. The lowest BCUT2D eigenvalue weighted by molar-refractivity contribution is -0.150. The molecule has 1 aromatic rings. The Morgan fingerprint density at radius 1 is 1.32 bits per heavy atom. The Kier molecular flexibility index (Phi) is 3.71. The van der Waals surface area contributed by atoms with E-state index in [1.165, 1.54) is 0 Å². The highest BCUT2D eigenvalue weighted by Gasteiger charge is 2.60. The molecule has 2 amide bonds. The molecule has 118 valence electrons. The number of hydrogen-bond donors (Lipinski definition) is 1. The third-order valence-electron chi connectivity index (χ3n) is 4.92. The van der Waals surface area contributed by atoms with Crippen LogP contribution >= 0.6 is 11.8 Å². The van der Waals surface area contributed by atoms with Gasteiger partial charge in [0.15, 0.2) is 0 Å². The van der Waals surface area contributed by atoms with E-state index in [4.69, 9.17) is 0 Å². The number of thioether (sulfide) groups is 1. The van der Waals surface area contributed by atoms with Gasteiger partial charge in [-0.3, -0.25) is 9.59 Å². The van der Waals surface area contributed by atoms with E-state index < -0.39 is 0 Å². The summed E-state index contributed by atoms with van der Waals surface area (Å²) in [5.41, 5.74) is 0.969. The fourth-order valence-corrected chi connectivity index (χ4v) is 4.73. The number of nitrogens with one attached hydrogen (secondary N) is 1. The number of fused-ring (bicyclic) bond motifs is 1. The number of rotatable bonds is 3. The summed E-state index contributed by atoms with van der Waals surface area (Å²) >= 11 is 1.78. The van der Waals surface area contributed by atoms with Crippen LogP contribution in [0.4, 0.5) is 0 Å². The van der Waals surface area contributed by atoms with Gasteiger partial charge in [-0.25, -0.2) is 0 Å². The van der Waals surface area contributed by atoms with Crippen molar-refractivity contribution in [2.45, 2.75) is 55.8 Å². The van der Waals surface area contributed by atoms with Crippen molar-refractivity contribution in [3.05, 3.63) is 35.9 Å². The smallest absolute Gasteiger partial charge is 0.249 e. The van der Waals surface area contributed by atoms with Crippen molar-refractivity contribution in [2.75, 3.05) is 0 Å². The monoisotopic (exact) mass is 318 g/mol. The van der Waals surface area contributed by atoms with Gasteiger partial charge in [0.1, 0.15) is 11.4 Å². The molecule has 2 aliphatic heterocycles. The second-order valence-corrected chi connectivity index (χ2v) is 8.42. The molecule has 4 atom stereocenters. The van der Waals surface area contributed by atoms with Gasteiger partial charge in [-0.2, -0.15) is 0 Å². The maximum Gasteiger partial charge on any atom is 0.249 e. The Labute approximate surface area is 135 Å². The minimum absolute atomic E-state index is 0.0326. The minimum atomic E-state index is -0.382. The third-order valence-corrected chi connectivity index (χ3v) is 6.61. The lowest BCUT2D eigenvalue weighted by Crippen LogP contribution is -2.69. The molecule has 2 heterocycles. The molecule has 4 nitrogen and oxygen atoms in total. The summed E-state index contributed by atoms with van der Waals surface area (Å²) in [6.07, 6.45) is 0. The standard InChI is InChI=1S/C17H22N2O2S/c1-10(12-8-6-5-7-9-12)14(20)18-13-15(21)19-11(2)17(3,4)22-16(13)19/h5-11,13,16H,1-4H3,(H,18,20). The van der Waals surface area contributed by atoms with E-state index in [-0.39, 0.29) is 39.9 Å². The quantitative estimate of drug-likeness (QED) is 0.871. The van der Waals surface area contributed by atoms with Crippen LogP contribution in [0.2, 0.25) is 0 Å². The van der Waals surface area contributed by atoms with E-state index in [9.17, 15) is 9.59 Å². The average molecular weight is 318 g/mol. The topological polar surface area (TPSA) is 49.4 Å². The largest absolute Gasteiger partial charge is 0.341 e. The van der Waals surface area contributed by atoms with Crippen molar-refractivity contribution in [3.63, 3.8) is 0 Å². The molecule has 1 aromatic carbocycles. The van der Waals surface area contributed by atoms with Gasteiger partial charge in [-0.05, 0) is 33.3 Å². The fraction of sp³-hybridized carbons (Fsp3) is 0.529. The van der Waals surface area contributed by atoms with E-state index in [1.54, 1.807) is 11.8 Å². The maximum atomic E-state index is 12.4. The first-order valence-corrected chi connectivity index (χ1v) is 8.56. The van der Waals surface area contributed by atoms with Crippen LogP contribution in [-0.2, 0) is 9.59 Å². The number of β-lactam (4-membered cyclic amide) rings is 1. The van der Waals surface area contributed by atoms with Crippen molar-refractivity contribution in [3.8, 4) is 0 Å². The fourth-order valence-electron chi connectivity index (χ4n) is 3.07. The van der Waals surface area contributed by atoms with E-state index in [0.29, 0.717) is 0 Å². The average Bonchev–Trinajstić information content (AvgIpc) is 2.72. The van der Waals surface area contributed by atoms with Gasteiger partial charge in [-0.1, -0.05) is 30.3 Å². The molecule has 0 radical (unpaired) electrons. The molecule has 2 aliphatic rings. The summed E-state index contributed by atoms with van der Waals surface area (Å²) in [7, 11) is 0. The Morgan fingerprint density at radius 3 is 2.59 bits per heavy atom. The second-order valence-electron chi connectivity index (χ2n) is 6.65. The lowest BCUT2D eigenvalue weighted by atomic mass is 9.96. The molecule has 1 N–H and O–H groups in total. The molecule has 4 unspecified atom stereocenters. The van der Waals surface area contributed by atoms with Crippen LogP contribution in [0.5, 0.6) is 0 Å². The zero-order valence-electron chi connectivity index (χ0n) is 13.4. The van der Waals surface area contributed by atoms with Crippen LogP contribution in [-0.4, -0.2) is 38.9 Å². The van der Waals surface area contributed by atoms with Crippen LogP contribution < -0.4 is 5.32 Å². The van der Waals surface area contributed by atoms with Crippen molar-refractivity contribution >= 4 is 23.6 Å². The summed E-state index contributed by atoms with van der Waals surface area (Å²) in [6.45, 7) is 8.26. The van der Waals surface area contributed by atoms with Crippen molar-refractivity contribution in [2.24, 2.45) is 0 Å². The van der Waals surface area contributed by atoms with Crippen LogP contribution in [0.25, 0.3) is 0 Å². The molecule has 5 heteroatoms. The van der Waals surface area contributed by atoms with Crippen LogP contribution in [0.15, 0.2) is 30.3 Å². The number of carbonyl (C=O) groups excluding carboxylic acids is 2. The maximum absolute atomic E-state index is 12.4. The molecule has 3 rings (SSSR count). The highest BCUT2D eigenvalue weighted by molar-refractivity contribution is 8.01. The summed E-state index contributed by atoms with van der Waals surface area (Å²) in [6, 6.07) is 9.48. The normalized spacial score (nSPS) is 30.5. The Balaban J connectivity index is 1.68. The van der Waals surface area contributed by atoms with E-state index >= 15 is 0 Å². The van der Waals surface area contributed by atoms with Gasteiger partial charge in [0, 0.05) is 10.8 Å². The molecule has 0 aliphatic carbocycles. The molecule has 22 heavy (non-hydrogen) atoms. The number of hydrogen-bond acceptors (Lipinski definition) is 3. The highest BCUT2D eigenvalue weighted by Crippen LogP contribution is 2.50. The molecule has 0 saturated carbocycles. The second kappa shape index (κ2) is 5.30. The molecule has 0 spiro atoms. The van der Waals surface area contributed by atoms with Crippen LogP contribution in [0.3, 0.4) is 0 Å². The number of nitrogens with zero attached hydrogens (tertiary/aromatic N) is 1. The summed E-state index contributed by atoms with van der Waals surface area (Å²) in [5.74, 6) is -0.286. The molecular formula is C17H22N2O2S. The zero-order valence-corrected chi connectivity index (χ0v) is 14.2. The summed E-state index contributed by atoms with van der Waals surface area (Å²) < 4.78 is 0.0326. The Bertz CT molecular complexity index is 602. The predicted molar refractivity (Wildman–Crippen MR) is 88.6 cm³/mol. The first kappa shape index (κ1) is 15.4. The van der Waals surface area contributed by atoms with Gasteiger partial charge in [0.05, 0.1) is 5.92 Å². The van der Waals surface area contributed by atoms with Gasteiger partial charge < -0.3 is 10.2 Å². The first-order chi connectivity index (χ1) is 10.3. The van der Waals surface area contributed by atoms with Crippen molar-refractivity contribution < 1.29 is 9.59 Å². The zero-order chi connectivity index (χ0) is 16.1. The van der Waals surface area contributed by atoms with E-state index in [0.717, 1.165) is 5.56 Å². The van der Waals surface area contributed by atoms with Gasteiger partial charge >= 0.3 is 0 Å². The Hall–Kier alpha value is -1.49.